The highest BCUT2D eigenvalue weighted by atomic mass is 16.7. The first-order chi connectivity index (χ1) is 3.81. The van der Waals surface area contributed by atoms with Crippen molar-refractivity contribution in [2.45, 2.75) is 0 Å². The second kappa shape index (κ2) is 5.05. The summed E-state index contributed by atoms with van der Waals surface area (Å²) in [5, 5.41) is 16.6. The van der Waals surface area contributed by atoms with Crippen molar-refractivity contribution in [2.75, 3.05) is 20.3 Å². The van der Waals surface area contributed by atoms with Crippen LogP contribution in [0.4, 0.5) is 0 Å². The molecule has 0 amide bonds. The Bertz CT molecular complexity index is 50.5. The van der Waals surface area contributed by atoms with Crippen LogP contribution in [-0.2, 0) is 9.31 Å². The third kappa shape index (κ3) is 4.07. The van der Waals surface area contributed by atoms with E-state index in [0.717, 1.165) is 0 Å². The molecule has 0 aliphatic heterocycles. The molecule has 0 aromatic heterocycles. The highest BCUT2D eigenvalue weighted by Gasteiger charge is 2.10. The van der Waals surface area contributed by atoms with Crippen LogP contribution in [0.5, 0.6) is 0 Å². The predicted molar refractivity (Wildman–Crippen MR) is 28.0 cm³/mol. The first kappa shape index (κ1) is 7.90. The van der Waals surface area contributed by atoms with Gasteiger partial charge in [-0.15, -0.1) is 0 Å². The molecular formula is C3H9BO4. The molecule has 0 aromatic rings. The fourth-order valence-electron chi connectivity index (χ4n) is 0.222. The van der Waals surface area contributed by atoms with Gasteiger partial charge in [-0.2, -0.15) is 0 Å². The summed E-state index contributed by atoms with van der Waals surface area (Å²) in [6, 6.07) is 0. The normalized spacial score (nSPS) is 9.38. The fourth-order valence-corrected chi connectivity index (χ4v) is 0.222. The third-order valence-electron chi connectivity index (χ3n) is 0.553. The van der Waals surface area contributed by atoms with Gasteiger partial charge in [-0.05, 0) is 0 Å². The van der Waals surface area contributed by atoms with E-state index in [1.54, 1.807) is 0 Å². The zero-order valence-corrected chi connectivity index (χ0v) is 4.70. The highest BCUT2D eigenvalue weighted by Crippen LogP contribution is 1.78. The minimum Gasteiger partial charge on any atom is -0.402 e. The van der Waals surface area contributed by atoms with Gasteiger partial charge in [0.2, 0.25) is 0 Å². The Labute approximate surface area is 48.2 Å². The molecule has 0 rings (SSSR count). The van der Waals surface area contributed by atoms with Gasteiger partial charge >= 0.3 is 7.32 Å². The molecule has 0 aliphatic rings. The third-order valence-corrected chi connectivity index (χ3v) is 0.553. The Morgan fingerprint density at radius 2 is 2.25 bits per heavy atom. The van der Waals surface area contributed by atoms with E-state index in [2.05, 4.69) is 9.31 Å². The Kier molecular flexibility index (Phi) is 4.99. The minimum atomic E-state index is -1.21. The van der Waals surface area contributed by atoms with E-state index >= 15 is 0 Å². The minimum absolute atomic E-state index is 0.0923. The van der Waals surface area contributed by atoms with Crippen molar-refractivity contribution in [3.63, 3.8) is 0 Å². The molecule has 0 unspecified atom stereocenters. The van der Waals surface area contributed by atoms with Crippen molar-refractivity contribution in [1.29, 1.82) is 0 Å². The second-order valence-electron chi connectivity index (χ2n) is 1.14. The number of aliphatic hydroxyl groups is 1. The summed E-state index contributed by atoms with van der Waals surface area (Å²) in [5.41, 5.74) is 0. The van der Waals surface area contributed by atoms with Gasteiger partial charge < -0.3 is 19.4 Å². The first-order valence-corrected chi connectivity index (χ1v) is 2.24. The molecular weight excluding hydrogens is 111 g/mol. The second-order valence-corrected chi connectivity index (χ2v) is 1.14. The van der Waals surface area contributed by atoms with Crippen molar-refractivity contribution in [2.24, 2.45) is 0 Å². The maximum atomic E-state index is 8.43. The van der Waals surface area contributed by atoms with Crippen LogP contribution in [-0.4, -0.2) is 37.8 Å². The van der Waals surface area contributed by atoms with Gasteiger partial charge in [0.15, 0.2) is 0 Å². The number of rotatable bonds is 4. The van der Waals surface area contributed by atoms with E-state index in [9.17, 15) is 0 Å². The van der Waals surface area contributed by atoms with Gasteiger partial charge in [-0.25, -0.2) is 0 Å². The molecule has 0 atom stereocenters. The molecule has 48 valence electrons. The van der Waals surface area contributed by atoms with Crippen molar-refractivity contribution in [3.05, 3.63) is 0 Å². The summed E-state index contributed by atoms with van der Waals surface area (Å²) >= 11 is 0. The van der Waals surface area contributed by atoms with Crippen molar-refractivity contribution in [1.82, 2.24) is 0 Å². The monoisotopic (exact) mass is 120 g/mol. The quantitative estimate of drug-likeness (QED) is 0.449. The molecule has 4 nitrogen and oxygen atoms in total. The van der Waals surface area contributed by atoms with Crippen LogP contribution < -0.4 is 0 Å². The van der Waals surface area contributed by atoms with Crippen molar-refractivity contribution in [3.8, 4) is 0 Å². The average Bonchev–Trinajstić information content (AvgIpc) is 1.83. The molecule has 0 heterocycles. The van der Waals surface area contributed by atoms with Crippen molar-refractivity contribution < 1.29 is 19.4 Å². The van der Waals surface area contributed by atoms with Crippen LogP contribution in [0.3, 0.4) is 0 Å². The molecule has 0 radical (unpaired) electrons. The number of aliphatic hydroxyl groups excluding tert-OH is 1. The van der Waals surface area contributed by atoms with E-state index in [-0.39, 0.29) is 13.2 Å². The Morgan fingerprint density at radius 1 is 1.62 bits per heavy atom. The van der Waals surface area contributed by atoms with Crippen LogP contribution in [0, 0.1) is 0 Å². The summed E-state index contributed by atoms with van der Waals surface area (Å²) in [4.78, 5) is 0. The molecule has 0 aromatic carbocycles. The first-order valence-electron chi connectivity index (χ1n) is 2.24. The van der Waals surface area contributed by atoms with Crippen LogP contribution in [0.2, 0.25) is 0 Å². The number of hydrogen-bond acceptors (Lipinski definition) is 4. The lowest BCUT2D eigenvalue weighted by molar-refractivity contribution is 0.125. The molecule has 0 bridgehead atoms. The van der Waals surface area contributed by atoms with Crippen LogP contribution >= 0.6 is 0 Å². The maximum Gasteiger partial charge on any atom is 0.636 e. The predicted octanol–water partition coefficient (Wildman–Crippen LogP) is -1.38. The van der Waals surface area contributed by atoms with Crippen LogP contribution in [0.1, 0.15) is 0 Å². The lowest BCUT2D eigenvalue weighted by Crippen LogP contribution is -2.22. The summed E-state index contributed by atoms with van der Waals surface area (Å²) in [5.74, 6) is 0. The standard InChI is InChI=1S/C3H9BO4/c1-7-4(6)8-3-2-5/h5-6H,2-3H2,1H3. The summed E-state index contributed by atoms with van der Waals surface area (Å²) < 4.78 is 8.70. The van der Waals surface area contributed by atoms with Gasteiger partial charge in [0, 0.05) is 7.11 Å². The van der Waals surface area contributed by atoms with E-state index < -0.39 is 7.32 Å². The van der Waals surface area contributed by atoms with Gasteiger partial charge in [-0.1, -0.05) is 0 Å². The fraction of sp³-hybridized carbons (Fsp3) is 1.00. The van der Waals surface area contributed by atoms with Gasteiger partial charge in [0.1, 0.15) is 0 Å². The van der Waals surface area contributed by atoms with E-state index in [1.807, 2.05) is 0 Å². The Morgan fingerprint density at radius 3 is 2.62 bits per heavy atom. The topological polar surface area (TPSA) is 58.9 Å². The van der Waals surface area contributed by atoms with Crippen molar-refractivity contribution >= 4 is 7.32 Å². The van der Waals surface area contributed by atoms with E-state index in [1.165, 1.54) is 7.11 Å². The maximum absolute atomic E-state index is 8.43. The van der Waals surface area contributed by atoms with E-state index in [4.69, 9.17) is 10.1 Å². The molecule has 2 N–H and O–H groups in total. The molecule has 0 aliphatic carbocycles. The van der Waals surface area contributed by atoms with Gasteiger partial charge in [0.25, 0.3) is 0 Å². The molecule has 8 heavy (non-hydrogen) atoms. The van der Waals surface area contributed by atoms with Gasteiger partial charge in [0.05, 0.1) is 13.2 Å². The summed E-state index contributed by atoms with van der Waals surface area (Å²) in [7, 11) is 0.101. The molecule has 0 saturated carbocycles. The molecule has 0 spiro atoms. The van der Waals surface area contributed by atoms with E-state index in [0.29, 0.717) is 0 Å². The SMILES string of the molecule is COB(O)OCCO. The zero-order chi connectivity index (χ0) is 6.41. The lowest BCUT2D eigenvalue weighted by Gasteiger charge is -2.00. The largest absolute Gasteiger partial charge is 0.636 e. The molecule has 5 heteroatoms. The molecule has 0 saturated heterocycles. The number of hydrogen-bond donors (Lipinski definition) is 2. The summed E-state index contributed by atoms with van der Waals surface area (Å²) in [6.45, 7) is -0.0184. The lowest BCUT2D eigenvalue weighted by atomic mass is 10.2. The Hall–Kier alpha value is -0.0951. The smallest absolute Gasteiger partial charge is 0.402 e. The highest BCUT2D eigenvalue weighted by molar-refractivity contribution is 6.34. The van der Waals surface area contributed by atoms with Crippen LogP contribution in [0.15, 0.2) is 0 Å². The average molecular weight is 120 g/mol. The molecule has 0 fully saturated rings. The van der Waals surface area contributed by atoms with Crippen LogP contribution in [0.25, 0.3) is 0 Å². The zero-order valence-electron chi connectivity index (χ0n) is 4.70. The van der Waals surface area contributed by atoms with Gasteiger partial charge in [-0.3, -0.25) is 0 Å². The summed E-state index contributed by atoms with van der Waals surface area (Å²) in [6.07, 6.45) is 0. The Balaban J connectivity index is 2.86.